The highest BCUT2D eigenvalue weighted by molar-refractivity contribution is 5.44. The van der Waals surface area contributed by atoms with E-state index in [1.54, 1.807) is 4.90 Å². The van der Waals surface area contributed by atoms with Gasteiger partial charge in [-0.25, -0.2) is 0 Å². The van der Waals surface area contributed by atoms with Crippen molar-refractivity contribution in [3.8, 4) is 11.5 Å². The molecule has 2 heterocycles. The molecule has 1 saturated carbocycles. The van der Waals surface area contributed by atoms with Crippen molar-refractivity contribution in [1.82, 2.24) is 0 Å². The minimum atomic E-state index is 0.370. The fourth-order valence-electron chi connectivity index (χ4n) is 4.54. The number of piperazine rings is 1. The van der Waals surface area contributed by atoms with Crippen LogP contribution < -0.4 is 19.3 Å². The Bertz CT molecular complexity index is 518. The number of nitrogens with one attached hydrogen (secondary N) is 2. The molecule has 0 aromatic heterocycles. The second kappa shape index (κ2) is 7.10. The lowest BCUT2D eigenvalue weighted by atomic mass is 10.1. The van der Waals surface area contributed by atoms with Crippen LogP contribution in [0, 0.1) is 0 Å². The Morgan fingerprint density at radius 3 is 2.39 bits per heavy atom. The van der Waals surface area contributed by atoms with Gasteiger partial charge in [-0.15, -0.1) is 0 Å². The Kier molecular flexibility index (Phi) is 4.72. The van der Waals surface area contributed by atoms with Crippen molar-refractivity contribution < 1.29 is 19.3 Å². The Morgan fingerprint density at radius 2 is 1.61 bits per heavy atom. The smallest absolute Gasteiger partial charge is 0.231 e. The van der Waals surface area contributed by atoms with Crippen molar-refractivity contribution in [3.05, 3.63) is 23.8 Å². The molecule has 2 aliphatic heterocycles. The Hall–Kier alpha value is -1.26. The average Bonchev–Trinajstić information content (AvgIpc) is 2.88. The molecule has 1 saturated heterocycles. The molecule has 0 bridgehead atoms. The van der Waals surface area contributed by atoms with Crippen molar-refractivity contribution in [2.45, 2.75) is 51.1 Å². The molecule has 4 heteroatoms. The standard InChI is InChI=1S/C19H28N2O2/c1-2-4-6-17(5-3-1)21-11-9-20(10-12-21)14-16-7-8-18-19(13-16)23-15-22-18/h7-8,13,17H,1-6,9-12,14-15H2/p+2. The van der Waals surface area contributed by atoms with Crippen LogP contribution in [0.3, 0.4) is 0 Å². The third-order valence-corrected chi connectivity index (χ3v) is 5.92. The molecule has 1 aromatic carbocycles. The quantitative estimate of drug-likeness (QED) is 0.791. The predicted octanol–water partition coefficient (Wildman–Crippen LogP) is 0.422. The molecule has 1 aliphatic carbocycles. The highest BCUT2D eigenvalue weighted by Gasteiger charge is 2.29. The number of fused-ring (bicyclic) bond motifs is 1. The summed E-state index contributed by atoms with van der Waals surface area (Å²) in [5, 5.41) is 0. The minimum absolute atomic E-state index is 0.370. The summed E-state index contributed by atoms with van der Waals surface area (Å²) >= 11 is 0. The van der Waals surface area contributed by atoms with Crippen LogP contribution in [0.25, 0.3) is 0 Å². The van der Waals surface area contributed by atoms with Crippen LogP contribution in [0.2, 0.25) is 0 Å². The normalized spacial score (nSPS) is 28.5. The van der Waals surface area contributed by atoms with Gasteiger partial charge in [-0.1, -0.05) is 12.8 Å². The predicted molar refractivity (Wildman–Crippen MR) is 89.2 cm³/mol. The Balaban J connectivity index is 1.29. The number of quaternary nitrogens is 2. The van der Waals surface area contributed by atoms with Crippen molar-refractivity contribution >= 4 is 0 Å². The van der Waals surface area contributed by atoms with E-state index >= 15 is 0 Å². The molecule has 1 aromatic rings. The number of benzene rings is 1. The highest BCUT2D eigenvalue weighted by Crippen LogP contribution is 2.32. The van der Waals surface area contributed by atoms with Gasteiger partial charge in [-0.05, 0) is 43.9 Å². The van der Waals surface area contributed by atoms with Gasteiger partial charge in [0.25, 0.3) is 0 Å². The molecule has 0 spiro atoms. The monoisotopic (exact) mass is 318 g/mol. The number of hydrogen-bond acceptors (Lipinski definition) is 2. The summed E-state index contributed by atoms with van der Waals surface area (Å²) in [4.78, 5) is 3.61. The third kappa shape index (κ3) is 3.64. The molecule has 0 atom stereocenters. The molecule has 0 amide bonds. The topological polar surface area (TPSA) is 27.3 Å². The second-order valence-electron chi connectivity index (χ2n) is 7.46. The summed E-state index contributed by atoms with van der Waals surface area (Å²) in [5.41, 5.74) is 1.38. The molecule has 4 rings (SSSR count). The second-order valence-corrected chi connectivity index (χ2v) is 7.46. The largest absolute Gasteiger partial charge is 0.454 e. The van der Waals surface area contributed by atoms with Crippen molar-refractivity contribution in [1.29, 1.82) is 0 Å². The van der Waals surface area contributed by atoms with Gasteiger partial charge < -0.3 is 19.3 Å². The van der Waals surface area contributed by atoms with Crippen LogP contribution in [-0.2, 0) is 6.54 Å². The lowest BCUT2D eigenvalue weighted by Gasteiger charge is -2.34. The van der Waals surface area contributed by atoms with Gasteiger partial charge in [0.05, 0.1) is 6.04 Å². The third-order valence-electron chi connectivity index (χ3n) is 5.92. The van der Waals surface area contributed by atoms with Crippen LogP contribution in [0.4, 0.5) is 0 Å². The summed E-state index contributed by atoms with van der Waals surface area (Å²) in [5.74, 6) is 1.82. The first kappa shape index (κ1) is 15.3. The fraction of sp³-hybridized carbons (Fsp3) is 0.684. The molecule has 0 unspecified atom stereocenters. The van der Waals surface area contributed by atoms with Crippen LogP contribution in [-0.4, -0.2) is 39.0 Å². The maximum absolute atomic E-state index is 5.50. The first-order chi connectivity index (χ1) is 11.4. The highest BCUT2D eigenvalue weighted by atomic mass is 16.7. The van der Waals surface area contributed by atoms with Gasteiger partial charge in [0.2, 0.25) is 6.79 Å². The van der Waals surface area contributed by atoms with Crippen LogP contribution in [0.1, 0.15) is 44.1 Å². The van der Waals surface area contributed by atoms with Crippen molar-refractivity contribution in [2.24, 2.45) is 0 Å². The first-order valence-corrected chi connectivity index (χ1v) is 9.45. The van der Waals surface area contributed by atoms with Crippen LogP contribution >= 0.6 is 0 Å². The Labute approximate surface area is 139 Å². The van der Waals surface area contributed by atoms with E-state index in [0.717, 1.165) is 24.1 Å². The van der Waals surface area contributed by atoms with Crippen LogP contribution in [0.5, 0.6) is 11.5 Å². The zero-order valence-corrected chi connectivity index (χ0v) is 14.1. The zero-order chi connectivity index (χ0) is 15.5. The number of ether oxygens (including phenoxy) is 2. The molecular formula is C19H30N2O2+2. The first-order valence-electron chi connectivity index (χ1n) is 9.45. The van der Waals surface area contributed by atoms with E-state index < -0.39 is 0 Å². The summed E-state index contributed by atoms with van der Waals surface area (Å²) < 4.78 is 10.9. The van der Waals surface area contributed by atoms with Crippen LogP contribution in [0.15, 0.2) is 18.2 Å². The maximum atomic E-state index is 5.50. The number of rotatable bonds is 3. The summed E-state index contributed by atoms with van der Waals surface area (Å²) in [6.45, 7) is 6.80. The average molecular weight is 318 g/mol. The molecule has 2 fully saturated rings. The van der Waals surface area contributed by atoms with Gasteiger partial charge >= 0.3 is 0 Å². The van der Waals surface area contributed by atoms with Gasteiger partial charge in [0, 0.05) is 5.56 Å². The SMILES string of the molecule is c1cc2c(cc1C[NH+]1CC[NH+](C3CCCCCC3)CC1)OCO2. The van der Waals surface area contributed by atoms with E-state index in [0.29, 0.717) is 6.79 Å². The van der Waals surface area contributed by atoms with E-state index in [9.17, 15) is 0 Å². The molecule has 4 nitrogen and oxygen atoms in total. The van der Waals surface area contributed by atoms with Gasteiger partial charge in [-0.3, -0.25) is 0 Å². The summed E-state index contributed by atoms with van der Waals surface area (Å²) in [6, 6.07) is 7.37. The Morgan fingerprint density at radius 1 is 0.870 bits per heavy atom. The summed E-state index contributed by atoms with van der Waals surface area (Å²) in [7, 11) is 0. The van der Waals surface area contributed by atoms with E-state index in [4.69, 9.17) is 9.47 Å². The van der Waals surface area contributed by atoms with E-state index in [-0.39, 0.29) is 0 Å². The van der Waals surface area contributed by atoms with E-state index in [2.05, 4.69) is 18.2 Å². The van der Waals surface area contributed by atoms with E-state index in [1.807, 2.05) is 4.90 Å². The lowest BCUT2D eigenvalue weighted by Crippen LogP contribution is -3.29. The molecule has 2 N–H and O–H groups in total. The molecule has 0 radical (unpaired) electrons. The van der Waals surface area contributed by atoms with Crippen molar-refractivity contribution in [3.63, 3.8) is 0 Å². The van der Waals surface area contributed by atoms with Gasteiger partial charge in [-0.2, -0.15) is 0 Å². The van der Waals surface area contributed by atoms with Crippen molar-refractivity contribution in [2.75, 3.05) is 33.0 Å². The summed E-state index contributed by atoms with van der Waals surface area (Å²) in [6.07, 6.45) is 8.78. The maximum Gasteiger partial charge on any atom is 0.231 e. The number of hydrogen-bond donors (Lipinski definition) is 2. The fourth-order valence-corrected chi connectivity index (χ4v) is 4.54. The van der Waals surface area contributed by atoms with E-state index in [1.165, 1.54) is 70.3 Å². The van der Waals surface area contributed by atoms with Gasteiger partial charge in [0.1, 0.15) is 32.7 Å². The van der Waals surface area contributed by atoms with Gasteiger partial charge in [0.15, 0.2) is 11.5 Å². The molecule has 126 valence electrons. The molecule has 3 aliphatic rings. The molecule has 23 heavy (non-hydrogen) atoms. The lowest BCUT2D eigenvalue weighted by molar-refractivity contribution is -1.03. The molecular weight excluding hydrogens is 288 g/mol. The minimum Gasteiger partial charge on any atom is -0.454 e. The zero-order valence-electron chi connectivity index (χ0n) is 14.1.